The first kappa shape index (κ1) is 12.9. The molecule has 1 aliphatic heterocycles. The Kier molecular flexibility index (Phi) is 4.17. The number of carbonyl (C=O) groups excluding carboxylic acids is 1. The topological polar surface area (TPSA) is 61.8 Å². The molecule has 1 fully saturated rings. The second-order valence-corrected chi connectivity index (χ2v) is 4.32. The second-order valence-electron chi connectivity index (χ2n) is 4.32. The maximum absolute atomic E-state index is 11.2. The third-order valence-electron chi connectivity index (χ3n) is 2.90. The van der Waals surface area contributed by atoms with Gasteiger partial charge in [0.15, 0.2) is 0 Å². The molecule has 5 heteroatoms. The van der Waals surface area contributed by atoms with Crippen molar-refractivity contribution < 1.29 is 14.6 Å². The zero-order valence-corrected chi connectivity index (χ0v) is 10.4. The first-order chi connectivity index (χ1) is 8.70. The molecule has 2 rings (SSSR count). The molecule has 0 unspecified atom stereocenters. The number of morpholine rings is 1. The van der Waals surface area contributed by atoms with Crippen molar-refractivity contribution in [2.75, 3.05) is 36.5 Å². The number of amides is 1. The van der Waals surface area contributed by atoms with Gasteiger partial charge in [-0.05, 0) is 12.1 Å². The van der Waals surface area contributed by atoms with Gasteiger partial charge in [-0.25, -0.2) is 0 Å². The molecule has 1 aromatic rings. The van der Waals surface area contributed by atoms with Crippen LogP contribution in [0.1, 0.15) is 6.92 Å². The number of carbonyl (C=O) groups is 1. The van der Waals surface area contributed by atoms with Crippen LogP contribution in [0.4, 0.5) is 11.4 Å². The van der Waals surface area contributed by atoms with E-state index in [0.717, 1.165) is 17.9 Å². The molecule has 2 N–H and O–H groups in total. The number of aliphatic hydroxyl groups excluding tert-OH is 1. The molecule has 1 heterocycles. The van der Waals surface area contributed by atoms with E-state index in [1.54, 1.807) is 0 Å². The highest BCUT2D eigenvalue weighted by molar-refractivity contribution is 5.92. The number of hydrogen-bond donors (Lipinski definition) is 2. The quantitative estimate of drug-likeness (QED) is 0.834. The van der Waals surface area contributed by atoms with Gasteiger partial charge in [0.2, 0.25) is 5.91 Å². The van der Waals surface area contributed by atoms with Gasteiger partial charge in [0.05, 0.1) is 30.7 Å². The number of para-hydroxylation sites is 2. The van der Waals surface area contributed by atoms with E-state index in [2.05, 4.69) is 10.2 Å². The van der Waals surface area contributed by atoms with Crippen LogP contribution in [0.5, 0.6) is 0 Å². The molecule has 0 aliphatic carbocycles. The maximum Gasteiger partial charge on any atom is 0.221 e. The van der Waals surface area contributed by atoms with Gasteiger partial charge in [0.25, 0.3) is 0 Å². The standard InChI is InChI=1S/C13H18N2O3/c1-10(17)14-12-4-2-3-5-13(12)15-6-7-18-11(8-15)9-16/h2-5,11,16H,6-9H2,1H3,(H,14,17)/t11-/m0/s1. The Morgan fingerprint density at radius 2 is 2.33 bits per heavy atom. The monoisotopic (exact) mass is 250 g/mol. The number of benzene rings is 1. The van der Waals surface area contributed by atoms with Crippen LogP contribution in [0.25, 0.3) is 0 Å². The molecular formula is C13H18N2O3. The molecule has 0 bridgehead atoms. The van der Waals surface area contributed by atoms with Gasteiger partial charge >= 0.3 is 0 Å². The Morgan fingerprint density at radius 1 is 1.56 bits per heavy atom. The lowest BCUT2D eigenvalue weighted by molar-refractivity contribution is -0.114. The summed E-state index contributed by atoms with van der Waals surface area (Å²) in [5, 5.41) is 12.0. The summed E-state index contributed by atoms with van der Waals surface area (Å²) in [6.45, 7) is 3.48. The van der Waals surface area contributed by atoms with Crippen LogP contribution in [0.15, 0.2) is 24.3 Å². The van der Waals surface area contributed by atoms with Crippen molar-refractivity contribution in [3.05, 3.63) is 24.3 Å². The molecular weight excluding hydrogens is 232 g/mol. The fraction of sp³-hybridized carbons (Fsp3) is 0.462. The van der Waals surface area contributed by atoms with Gasteiger partial charge < -0.3 is 20.1 Å². The van der Waals surface area contributed by atoms with Crippen molar-refractivity contribution in [3.8, 4) is 0 Å². The number of hydrogen-bond acceptors (Lipinski definition) is 4. The average molecular weight is 250 g/mol. The van der Waals surface area contributed by atoms with E-state index < -0.39 is 0 Å². The first-order valence-electron chi connectivity index (χ1n) is 6.04. The average Bonchev–Trinajstić information content (AvgIpc) is 2.39. The minimum absolute atomic E-state index is 0.0127. The van der Waals surface area contributed by atoms with Gasteiger partial charge in [-0.15, -0.1) is 0 Å². The van der Waals surface area contributed by atoms with E-state index >= 15 is 0 Å². The minimum atomic E-state index is -0.163. The summed E-state index contributed by atoms with van der Waals surface area (Å²) in [4.78, 5) is 13.3. The van der Waals surface area contributed by atoms with Gasteiger partial charge in [-0.1, -0.05) is 12.1 Å². The third kappa shape index (κ3) is 3.00. The van der Waals surface area contributed by atoms with Crippen LogP contribution in [0.2, 0.25) is 0 Å². The van der Waals surface area contributed by atoms with Crippen LogP contribution in [0.3, 0.4) is 0 Å². The molecule has 1 aromatic carbocycles. The van der Waals surface area contributed by atoms with Gasteiger partial charge in [0.1, 0.15) is 0 Å². The van der Waals surface area contributed by atoms with E-state index in [1.807, 2.05) is 24.3 Å². The zero-order valence-electron chi connectivity index (χ0n) is 10.4. The fourth-order valence-electron chi connectivity index (χ4n) is 2.09. The predicted molar refractivity (Wildman–Crippen MR) is 69.8 cm³/mol. The van der Waals surface area contributed by atoms with Crippen LogP contribution in [0, 0.1) is 0 Å². The van der Waals surface area contributed by atoms with E-state index in [0.29, 0.717) is 13.2 Å². The van der Waals surface area contributed by atoms with E-state index in [4.69, 9.17) is 9.84 Å². The van der Waals surface area contributed by atoms with Crippen LogP contribution >= 0.6 is 0 Å². The Bertz CT molecular complexity index is 422. The molecule has 0 radical (unpaired) electrons. The predicted octanol–water partition coefficient (Wildman–Crippen LogP) is 0.842. The number of aliphatic hydroxyl groups is 1. The molecule has 1 aliphatic rings. The summed E-state index contributed by atoms with van der Waals surface area (Å²) >= 11 is 0. The van der Waals surface area contributed by atoms with E-state index in [1.165, 1.54) is 6.92 Å². The smallest absolute Gasteiger partial charge is 0.221 e. The molecule has 0 spiro atoms. The largest absolute Gasteiger partial charge is 0.394 e. The number of nitrogens with zero attached hydrogens (tertiary/aromatic N) is 1. The molecule has 98 valence electrons. The first-order valence-corrected chi connectivity index (χ1v) is 6.04. The second kappa shape index (κ2) is 5.84. The highest BCUT2D eigenvalue weighted by Crippen LogP contribution is 2.27. The number of ether oxygens (including phenoxy) is 1. The summed E-state index contributed by atoms with van der Waals surface area (Å²) in [7, 11) is 0. The van der Waals surface area contributed by atoms with Crippen molar-refractivity contribution in [1.82, 2.24) is 0 Å². The Labute approximate surface area is 106 Å². The van der Waals surface area contributed by atoms with Gasteiger partial charge in [-0.3, -0.25) is 4.79 Å². The molecule has 1 amide bonds. The summed E-state index contributed by atoms with van der Waals surface area (Å²) in [6, 6.07) is 7.66. The van der Waals surface area contributed by atoms with E-state index in [-0.39, 0.29) is 18.6 Å². The lowest BCUT2D eigenvalue weighted by atomic mass is 10.2. The lowest BCUT2D eigenvalue weighted by Crippen LogP contribution is -2.44. The van der Waals surface area contributed by atoms with Crippen LogP contribution in [-0.4, -0.2) is 43.4 Å². The van der Waals surface area contributed by atoms with Crippen molar-refractivity contribution in [2.24, 2.45) is 0 Å². The molecule has 0 saturated carbocycles. The SMILES string of the molecule is CC(=O)Nc1ccccc1N1CCO[C@H](CO)C1. The van der Waals surface area contributed by atoms with E-state index in [9.17, 15) is 4.79 Å². The highest BCUT2D eigenvalue weighted by atomic mass is 16.5. The molecule has 18 heavy (non-hydrogen) atoms. The molecule has 0 aromatic heterocycles. The maximum atomic E-state index is 11.2. The van der Waals surface area contributed by atoms with Crippen molar-refractivity contribution >= 4 is 17.3 Å². The number of anilines is 2. The third-order valence-corrected chi connectivity index (χ3v) is 2.90. The van der Waals surface area contributed by atoms with Gasteiger partial charge in [-0.2, -0.15) is 0 Å². The minimum Gasteiger partial charge on any atom is -0.394 e. The number of rotatable bonds is 3. The van der Waals surface area contributed by atoms with Crippen molar-refractivity contribution in [1.29, 1.82) is 0 Å². The highest BCUT2D eigenvalue weighted by Gasteiger charge is 2.21. The normalized spacial score (nSPS) is 19.7. The van der Waals surface area contributed by atoms with Crippen LogP contribution < -0.4 is 10.2 Å². The Morgan fingerprint density at radius 3 is 3.06 bits per heavy atom. The summed E-state index contributed by atoms with van der Waals surface area (Å²) in [6.07, 6.45) is -0.163. The van der Waals surface area contributed by atoms with Crippen LogP contribution in [-0.2, 0) is 9.53 Å². The fourth-order valence-corrected chi connectivity index (χ4v) is 2.09. The summed E-state index contributed by atoms with van der Waals surface area (Å²) in [5.74, 6) is -0.0885. The molecule has 1 saturated heterocycles. The van der Waals surface area contributed by atoms with Crippen molar-refractivity contribution in [2.45, 2.75) is 13.0 Å². The lowest BCUT2D eigenvalue weighted by Gasteiger charge is -2.34. The summed E-state index contributed by atoms with van der Waals surface area (Å²) in [5.41, 5.74) is 1.76. The molecule has 1 atom stereocenters. The molecule has 5 nitrogen and oxygen atoms in total. The summed E-state index contributed by atoms with van der Waals surface area (Å²) < 4.78 is 5.42. The zero-order chi connectivity index (χ0) is 13.0. The number of nitrogens with one attached hydrogen (secondary N) is 1. The van der Waals surface area contributed by atoms with Gasteiger partial charge in [0, 0.05) is 20.0 Å². The Hall–Kier alpha value is -1.59. The van der Waals surface area contributed by atoms with Crippen molar-refractivity contribution in [3.63, 3.8) is 0 Å². The Balaban J connectivity index is 2.18.